The second kappa shape index (κ2) is 4.94. The molecule has 0 amide bonds. The molecule has 0 aliphatic carbocycles. The van der Waals surface area contributed by atoms with Crippen molar-refractivity contribution in [2.24, 2.45) is 0 Å². The van der Waals surface area contributed by atoms with E-state index in [0.29, 0.717) is 0 Å². The number of fused-ring (bicyclic) bond motifs is 1. The number of methoxy groups -OCH3 is 1. The van der Waals surface area contributed by atoms with Crippen molar-refractivity contribution in [1.29, 1.82) is 0 Å². The molecule has 1 unspecified atom stereocenters. The number of ether oxygens (including phenoxy) is 1. The SMILES string of the molecule is COc1ccc2c(c1)S(=O)C(c1ccccc1)=C2Br. The Morgan fingerprint density at radius 2 is 1.84 bits per heavy atom. The van der Waals surface area contributed by atoms with Gasteiger partial charge in [-0.3, -0.25) is 0 Å². The Kier molecular flexibility index (Phi) is 3.29. The van der Waals surface area contributed by atoms with Crippen LogP contribution in [0.2, 0.25) is 0 Å². The molecule has 0 aromatic heterocycles. The summed E-state index contributed by atoms with van der Waals surface area (Å²) >= 11 is 3.57. The maximum atomic E-state index is 12.6. The molecule has 0 spiro atoms. The summed E-state index contributed by atoms with van der Waals surface area (Å²) < 4.78 is 18.7. The molecule has 3 rings (SSSR count). The molecule has 19 heavy (non-hydrogen) atoms. The Bertz CT molecular complexity index is 693. The van der Waals surface area contributed by atoms with Gasteiger partial charge in [0.25, 0.3) is 0 Å². The molecule has 0 fully saturated rings. The minimum Gasteiger partial charge on any atom is -0.497 e. The fraction of sp³-hybridized carbons (Fsp3) is 0.0667. The summed E-state index contributed by atoms with van der Waals surface area (Å²) in [4.78, 5) is 1.62. The van der Waals surface area contributed by atoms with Crippen molar-refractivity contribution in [2.75, 3.05) is 7.11 Å². The second-order valence-electron chi connectivity index (χ2n) is 4.14. The Labute approximate surface area is 122 Å². The largest absolute Gasteiger partial charge is 0.497 e. The number of hydrogen-bond donors (Lipinski definition) is 0. The maximum Gasteiger partial charge on any atom is 0.120 e. The van der Waals surface area contributed by atoms with E-state index in [0.717, 1.165) is 31.2 Å². The van der Waals surface area contributed by atoms with Gasteiger partial charge in [0, 0.05) is 10.0 Å². The third kappa shape index (κ3) is 2.05. The van der Waals surface area contributed by atoms with Crippen LogP contribution in [0.5, 0.6) is 5.75 Å². The molecule has 0 saturated heterocycles. The molecule has 2 nitrogen and oxygen atoms in total. The fourth-order valence-electron chi connectivity index (χ4n) is 2.10. The Morgan fingerprint density at radius 3 is 2.53 bits per heavy atom. The molecule has 1 aliphatic rings. The normalized spacial score (nSPS) is 17.5. The second-order valence-corrected chi connectivity index (χ2v) is 6.32. The highest BCUT2D eigenvalue weighted by atomic mass is 79.9. The predicted molar refractivity (Wildman–Crippen MR) is 81.6 cm³/mol. The Hall–Kier alpha value is -1.39. The first kappa shape index (κ1) is 12.6. The Morgan fingerprint density at radius 1 is 1.11 bits per heavy atom. The van der Waals surface area contributed by atoms with Gasteiger partial charge in [0.2, 0.25) is 0 Å². The van der Waals surface area contributed by atoms with E-state index in [1.165, 1.54) is 0 Å². The fourth-order valence-corrected chi connectivity index (χ4v) is 4.68. The lowest BCUT2D eigenvalue weighted by Gasteiger charge is -2.03. The lowest BCUT2D eigenvalue weighted by molar-refractivity contribution is 0.413. The van der Waals surface area contributed by atoms with Gasteiger partial charge in [-0.25, -0.2) is 4.21 Å². The molecule has 0 bridgehead atoms. The summed E-state index contributed by atoms with van der Waals surface area (Å²) in [6.07, 6.45) is 0. The molecular weight excluding hydrogens is 324 g/mol. The first-order chi connectivity index (χ1) is 9.22. The molecule has 2 aromatic rings. The van der Waals surface area contributed by atoms with Gasteiger partial charge in [0.15, 0.2) is 0 Å². The first-order valence-corrected chi connectivity index (χ1v) is 7.72. The average Bonchev–Trinajstić information content (AvgIpc) is 2.71. The third-order valence-electron chi connectivity index (χ3n) is 3.05. The van der Waals surface area contributed by atoms with Crippen molar-refractivity contribution >= 4 is 36.1 Å². The van der Waals surface area contributed by atoms with Gasteiger partial charge in [0.05, 0.1) is 27.7 Å². The van der Waals surface area contributed by atoms with Gasteiger partial charge >= 0.3 is 0 Å². The van der Waals surface area contributed by atoms with E-state index in [-0.39, 0.29) is 0 Å². The van der Waals surface area contributed by atoms with E-state index >= 15 is 0 Å². The molecule has 96 valence electrons. The van der Waals surface area contributed by atoms with Crippen LogP contribution in [-0.4, -0.2) is 11.3 Å². The van der Waals surface area contributed by atoms with Gasteiger partial charge < -0.3 is 4.74 Å². The quantitative estimate of drug-likeness (QED) is 0.828. The topological polar surface area (TPSA) is 26.3 Å². The minimum atomic E-state index is -1.18. The Balaban J connectivity index is 2.16. The molecule has 0 radical (unpaired) electrons. The van der Waals surface area contributed by atoms with E-state index in [1.807, 2.05) is 48.5 Å². The highest BCUT2D eigenvalue weighted by Crippen LogP contribution is 2.45. The number of halogens is 1. The van der Waals surface area contributed by atoms with E-state index in [1.54, 1.807) is 7.11 Å². The van der Waals surface area contributed by atoms with Gasteiger partial charge in [-0.2, -0.15) is 0 Å². The zero-order chi connectivity index (χ0) is 13.4. The van der Waals surface area contributed by atoms with E-state index in [9.17, 15) is 4.21 Å². The van der Waals surface area contributed by atoms with Gasteiger partial charge in [-0.15, -0.1) is 0 Å². The molecule has 2 aromatic carbocycles. The van der Waals surface area contributed by atoms with Crippen LogP contribution >= 0.6 is 15.9 Å². The number of hydrogen-bond acceptors (Lipinski definition) is 2. The monoisotopic (exact) mass is 334 g/mol. The zero-order valence-corrected chi connectivity index (χ0v) is 12.6. The molecule has 1 heterocycles. The van der Waals surface area contributed by atoms with Crippen LogP contribution in [0.1, 0.15) is 11.1 Å². The smallest absolute Gasteiger partial charge is 0.120 e. The summed E-state index contributed by atoms with van der Waals surface area (Å²) in [7, 11) is 0.436. The third-order valence-corrected chi connectivity index (χ3v) is 5.68. The summed E-state index contributed by atoms with van der Waals surface area (Å²) in [5.41, 5.74) is 1.95. The summed E-state index contributed by atoms with van der Waals surface area (Å²) in [5, 5.41) is 0. The molecule has 0 N–H and O–H groups in total. The van der Waals surface area contributed by atoms with Crippen LogP contribution in [-0.2, 0) is 10.8 Å². The van der Waals surface area contributed by atoms with Crippen LogP contribution in [0.4, 0.5) is 0 Å². The predicted octanol–water partition coefficient (Wildman–Crippen LogP) is 4.04. The molecular formula is C15H11BrO2S. The number of rotatable bonds is 2. The maximum absolute atomic E-state index is 12.6. The summed E-state index contributed by atoms with van der Waals surface area (Å²) in [6, 6.07) is 15.4. The van der Waals surface area contributed by atoms with Crippen molar-refractivity contribution in [3.8, 4) is 5.75 Å². The van der Waals surface area contributed by atoms with Crippen molar-refractivity contribution in [2.45, 2.75) is 4.90 Å². The van der Waals surface area contributed by atoms with Crippen LogP contribution in [0.25, 0.3) is 9.39 Å². The highest BCUT2D eigenvalue weighted by Gasteiger charge is 2.28. The standard InChI is InChI=1S/C15H11BrO2S/c1-18-11-7-8-12-13(9-11)19(17)15(14(12)16)10-5-3-2-4-6-10/h2-9H,1H3. The van der Waals surface area contributed by atoms with Crippen LogP contribution in [0, 0.1) is 0 Å². The van der Waals surface area contributed by atoms with E-state index in [2.05, 4.69) is 15.9 Å². The molecule has 4 heteroatoms. The van der Waals surface area contributed by atoms with E-state index in [4.69, 9.17) is 4.74 Å². The zero-order valence-electron chi connectivity index (χ0n) is 10.2. The van der Waals surface area contributed by atoms with Crippen molar-refractivity contribution in [3.63, 3.8) is 0 Å². The van der Waals surface area contributed by atoms with Crippen LogP contribution in [0.15, 0.2) is 53.4 Å². The lowest BCUT2D eigenvalue weighted by atomic mass is 10.1. The van der Waals surface area contributed by atoms with Crippen molar-refractivity contribution < 1.29 is 8.95 Å². The minimum absolute atomic E-state index is 0.724. The van der Waals surface area contributed by atoms with Crippen LogP contribution < -0.4 is 4.74 Å². The molecule has 0 saturated carbocycles. The van der Waals surface area contributed by atoms with Gasteiger partial charge in [-0.1, -0.05) is 30.3 Å². The first-order valence-electron chi connectivity index (χ1n) is 5.77. The van der Waals surface area contributed by atoms with Crippen molar-refractivity contribution in [1.82, 2.24) is 0 Å². The summed E-state index contributed by atoms with van der Waals surface area (Å²) in [6.45, 7) is 0. The van der Waals surface area contributed by atoms with E-state index < -0.39 is 10.8 Å². The molecule has 1 aliphatic heterocycles. The van der Waals surface area contributed by atoms with Crippen LogP contribution in [0.3, 0.4) is 0 Å². The van der Waals surface area contributed by atoms with Gasteiger partial charge in [-0.05, 0) is 39.7 Å². The molecule has 1 atom stereocenters. The lowest BCUT2D eigenvalue weighted by Crippen LogP contribution is -1.92. The average molecular weight is 335 g/mol. The number of benzene rings is 2. The van der Waals surface area contributed by atoms with Gasteiger partial charge in [0.1, 0.15) is 5.75 Å². The van der Waals surface area contributed by atoms with Crippen molar-refractivity contribution in [3.05, 3.63) is 59.7 Å². The summed E-state index contributed by atoms with van der Waals surface area (Å²) in [5.74, 6) is 0.724. The highest BCUT2D eigenvalue weighted by molar-refractivity contribution is 9.15.